The summed E-state index contributed by atoms with van der Waals surface area (Å²) in [6.07, 6.45) is -6.64. The van der Waals surface area contributed by atoms with E-state index in [1.807, 2.05) is 0 Å². The minimum Gasteiger partial charge on any atom is -0.467 e. The summed E-state index contributed by atoms with van der Waals surface area (Å²) >= 11 is 0. The van der Waals surface area contributed by atoms with Crippen LogP contribution in [0.15, 0.2) is 24.3 Å². The first-order valence-electron chi connectivity index (χ1n) is 11.9. The molecule has 0 aliphatic carbocycles. The van der Waals surface area contributed by atoms with Gasteiger partial charge in [-0.15, -0.1) is 0 Å². The van der Waals surface area contributed by atoms with Gasteiger partial charge in [0.25, 0.3) is 0 Å². The molecule has 252 valence electrons. The van der Waals surface area contributed by atoms with Crippen molar-refractivity contribution >= 4 is 38.4 Å². The van der Waals surface area contributed by atoms with Gasteiger partial charge in [-0.25, -0.2) is 22.7 Å². The average Bonchev–Trinajstić information content (AvgIpc) is 2.79. The molecule has 0 fully saturated rings. The number of amides is 2. The van der Waals surface area contributed by atoms with Crippen molar-refractivity contribution in [2.75, 3.05) is 7.11 Å². The molecule has 0 bridgehead atoms. The van der Waals surface area contributed by atoms with Crippen molar-refractivity contribution in [3.63, 3.8) is 0 Å². The summed E-state index contributed by atoms with van der Waals surface area (Å²) in [6, 6.07) is 1.13. The summed E-state index contributed by atoms with van der Waals surface area (Å²) in [4.78, 5) is 38.9. The van der Waals surface area contributed by atoms with Crippen molar-refractivity contribution in [2.24, 2.45) is 0 Å². The van der Waals surface area contributed by atoms with Crippen molar-refractivity contribution in [3.8, 4) is 0 Å². The zero-order valence-corrected chi connectivity index (χ0v) is 25.7. The first kappa shape index (κ1) is 38.9. The van der Waals surface area contributed by atoms with E-state index in [1.54, 1.807) is 0 Å². The third kappa shape index (κ3) is 11.1. The molecule has 0 unspecified atom stereocenters. The first-order valence-corrected chi connectivity index (χ1v) is 14.7. The van der Waals surface area contributed by atoms with Crippen molar-refractivity contribution in [2.45, 2.75) is 82.5 Å². The number of hydrogen-bond acceptors (Lipinski definition) is 12. The van der Waals surface area contributed by atoms with Crippen molar-refractivity contribution in [1.29, 1.82) is 0 Å². The number of halogens is 6. The van der Waals surface area contributed by atoms with E-state index < -0.39 is 84.9 Å². The second-order valence-electron chi connectivity index (χ2n) is 10.6. The van der Waals surface area contributed by atoms with Gasteiger partial charge in [-0.2, -0.15) is 48.1 Å². The second kappa shape index (κ2) is 13.4. The Balaban J connectivity index is 3.60. The van der Waals surface area contributed by atoms with Gasteiger partial charge in [-0.1, -0.05) is 24.3 Å². The maximum Gasteiger partial charge on any atom is 0.523 e. The van der Waals surface area contributed by atoms with Gasteiger partial charge in [-0.05, 0) is 47.1 Å². The van der Waals surface area contributed by atoms with Crippen LogP contribution in [0.1, 0.15) is 59.0 Å². The Bertz CT molecular complexity index is 1340. The Labute approximate surface area is 248 Å². The van der Waals surface area contributed by atoms with Crippen LogP contribution in [-0.2, 0) is 54.0 Å². The summed E-state index contributed by atoms with van der Waals surface area (Å²) in [6.45, 7) is 8.68. The Morgan fingerprint density at radius 2 is 1.09 bits per heavy atom. The highest BCUT2D eigenvalue weighted by Crippen LogP contribution is 2.35. The standard InChI is InChI=1S/C23H29F6NO12S2/c1-20(2,3)39-18(32)30(19(33)40-21(4,5)6)15(16(31)38-7)12-13-8-10-14(11-9-13)17(41-43(34,35)22(24,25)26)42-44(36,37)23(27,28)29/h8-11,15,17H,12H2,1-7H3/t15-/m0/s1. The van der Waals surface area contributed by atoms with Gasteiger partial charge >= 0.3 is 49.4 Å². The van der Waals surface area contributed by atoms with Crippen LogP contribution >= 0.6 is 0 Å². The number of esters is 1. The number of carbonyl (C=O) groups is 3. The number of rotatable bonds is 9. The summed E-state index contributed by atoms with van der Waals surface area (Å²) < 4.78 is 145. The predicted octanol–water partition coefficient (Wildman–Crippen LogP) is 4.67. The minimum atomic E-state index is -6.69. The molecule has 0 spiro atoms. The van der Waals surface area contributed by atoms with Crippen molar-refractivity contribution < 1.29 is 80.1 Å². The van der Waals surface area contributed by atoms with E-state index in [1.165, 1.54) is 41.5 Å². The van der Waals surface area contributed by atoms with Gasteiger partial charge in [-0.3, -0.25) is 0 Å². The van der Waals surface area contributed by atoms with Crippen LogP contribution in [0.5, 0.6) is 0 Å². The molecule has 21 heteroatoms. The van der Waals surface area contributed by atoms with Gasteiger partial charge in [0.05, 0.1) is 7.11 Å². The molecule has 0 radical (unpaired) electrons. The molecule has 0 aliphatic rings. The Kier molecular flexibility index (Phi) is 11.9. The molecule has 0 aliphatic heterocycles. The zero-order chi connectivity index (χ0) is 34.7. The first-order chi connectivity index (χ1) is 19.5. The normalized spacial score (nSPS) is 14.1. The van der Waals surface area contributed by atoms with Crippen LogP contribution in [0.3, 0.4) is 0 Å². The van der Waals surface area contributed by atoms with E-state index >= 15 is 0 Å². The van der Waals surface area contributed by atoms with Crippen LogP contribution in [0.4, 0.5) is 35.9 Å². The lowest BCUT2D eigenvalue weighted by molar-refractivity contribution is -0.146. The zero-order valence-electron chi connectivity index (χ0n) is 24.1. The van der Waals surface area contributed by atoms with E-state index in [-0.39, 0.29) is 10.5 Å². The lowest BCUT2D eigenvalue weighted by Crippen LogP contribution is -2.53. The van der Waals surface area contributed by atoms with Crippen LogP contribution in [0.2, 0.25) is 0 Å². The van der Waals surface area contributed by atoms with E-state index in [0.29, 0.717) is 12.1 Å². The fourth-order valence-electron chi connectivity index (χ4n) is 2.87. The van der Waals surface area contributed by atoms with Crippen LogP contribution in [0.25, 0.3) is 0 Å². The number of carbonyl (C=O) groups excluding carboxylic acids is 3. The number of methoxy groups -OCH3 is 1. The quantitative estimate of drug-likeness (QED) is 0.0878. The van der Waals surface area contributed by atoms with Crippen LogP contribution in [0, 0.1) is 0 Å². The molecule has 44 heavy (non-hydrogen) atoms. The topological polar surface area (TPSA) is 169 Å². The Hall–Kier alpha value is -3.17. The van der Waals surface area contributed by atoms with E-state index in [9.17, 15) is 57.6 Å². The lowest BCUT2D eigenvalue weighted by atomic mass is 10.0. The summed E-state index contributed by atoms with van der Waals surface area (Å²) in [5.41, 5.74) is -15.8. The smallest absolute Gasteiger partial charge is 0.467 e. The number of ether oxygens (including phenoxy) is 3. The molecule has 1 aromatic rings. The largest absolute Gasteiger partial charge is 0.523 e. The van der Waals surface area contributed by atoms with Gasteiger partial charge < -0.3 is 14.2 Å². The Morgan fingerprint density at radius 1 is 0.727 bits per heavy atom. The average molecular weight is 690 g/mol. The number of nitrogens with zero attached hydrogens (tertiary/aromatic N) is 1. The molecule has 0 saturated carbocycles. The van der Waals surface area contributed by atoms with E-state index in [0.717, 1.165) is 19.2 Å². The fourth-order valence-corrected chi connectivity index (χ4v) is 3.90. The highest BCUT2D eigenvalue weighted by molar-refractivity contribution is 7.88. The number of alkyl halides is 6. The van der Waals surface area contributed by atoms with Crippen molar-refractivity contribution in [1.82, 2.24) is 4.90 Å². The second-order valence-corrected chi connectivity index (χ2v) is 13.8. The van der Waals surface area contributed by atoms with Gasteiger partial charge in [0.15, 0.2) is 0 Å². The monoisotopic (exact) mass is 689 g/mol. The highest BCUT2D eigenvalue weighted by atomic mass is 32.2. The summed E-state index contributed by atoms with van der Waals surface area (Å²) in [5, 5.41) is 0. The summed E-state index contributed by atoms with van der Waals surface area (Å²) in [5.74, 6) is -1.19. The van der Waals surface area contributed by atoms with Gasteiger partial charge in [0, 0.05) is 12.0 Å². The molecule has 0 heterocycles. The molecule has 0 saturated heterocycles. The van der Waals surface area contributed by atoms with Gasteiger partial charge in [0.1, 0.15) is 17.2 Å². The molecule has 1 rings (SSSR count). The molecule has 1 atom stereocenters. The molecule has 1 aromatic carbocycles. The molecular formula is C23H29F6NO12S2. The molecule has 0 N–H and O–H groups in total. The van der Waals surface area contributed by atoms with E-state index in [4.69, 9.17) is 9.47 Å². The molecule has 13 nitrogen and oxygen atoms in total. The SMILES string of the molecule is COC(=O)[C@H](Cc1ccc(C(OS(=O)(=O)C(F)(F)F)OS(=O)(=O)C(F)(F)F)cc1)N(C(=O)OC(C)(C)C)C(=O)OC(C)(C)C. The molecular weight excluding hydrogens is 660 g/mol. The maximum absolute atomic E-state index is 13.0. The third-order valence-corrected chi connectivity index (χ3v) is 6.63. The minimum absolute atomic E-state index is 0.0719. The van der Waals surface area contributed by atoms with E-state index in [2.05, 4.69) is 13.1 Å². The van der Waals surface area contributed by atoms with Crippen LogP contribution < -0.4 is 0 Å². The summed E-state index contributed by atoms with van der Waals surface area (Å²) in [7, 11) is -12.5. The molecule has 2 amide bonds. The van der Waals surface area contributed by atoms with Crippen LogP contribution in [-0.4, -0.2) is 75.3 Å². The Morgan fingerprint density at radius 3 is 1.39 bits per heavy atom. The number of hydrogen-bond donors (Lipinski definition) is 0. The predicted molar refractivity (Wildman–Crippen MR) is 135 cm³/mol. The number of benzene rings is 1. The highest BCUT2D eigenvalue weighted by Gasteiger charge is 2.53. The van der Waals surface area contributed by atoms with Gasteiger partial charge in [0.2, 0.25) is 6.29 Å². The number of imide groups is 1. The maximum atomic E-state index is 13.0. The fraction of sp³-hybridized carbons (Fsp3) is 0.609. The molecule has 0 aromatic heterocycles. The van der Waals surface area contributed by atoms with Crippen molar-refractivity contribution in [3.05, 3.63) is 35.4 Å². The lowest BCUT2D eigenvalue weighted by Gasteiger charge is -2.32. The third-order valence-electron chi connectivity index (χ3n) is 4.64.